The predicted molar refractivity (Wildman–Crippen MR) is 46.3 cm³/mol. The number of rotatable bonds is 0. The predicted octanol–water partition coefficient (Wildman–Crippen LogP) is 0.910. The number of hydrogen-bond donors (Lipinski definition) is 2. The van der Waals surface area contributed by atoms with E-state index in [0.29, 0.717) is 0 Å². The topological polar surface area (TPSA) is 47.9 Å². The summed E-state index contributed by atoms with van der Waals surface area (Å²) >= 11 is 0. The molecule has 0 aromatic rings. The summed E-state index contributed by atoms with van der Waals surface area (Å²) in [5.41, 5.74) is 1.71. The van der Waals surface area contributed by atoms with Gasteiger partial charge in [0.05, 0.1) is 0 Å². The lowest BCUT2D eigenvalue weighted by Gasteiger charge is -2.27. The quantitative estimate of drug-likeness (QED) is 0.561. The SMILES string of the molecule is CC1=NC2NC=CN2C(O)=C1C. The van der Waals surface area contributed by atoms with E-state index < -0.39 is 0 Å². The molecule has 12 heavy (non-hydrogen) atoms. The van der Waals surface area contributed by atoms with E-state index in [1.54, 1.807) is 17.3 Å². The standard InChI is InChI=1S/C8H11N3O/c1-5-6(2)10-8-9-3-4-11(8)7(5)12/h3-4,8-9,12H,1-2H3. The van der Waals surface area contributed by atoms with Gasteiger partial charge in [-0.25, -0.2) is 4.99 Å². The van der Waals surface area contributed by atoms with E-state index in [9.17, 15) is 5.11 Å². The molecule has 0 saturated carbocycles. The van der Waals surface area contributed by atoms with Gasteiger partial charge in [0.2, 0.25) is 6.29 Å². The number of nitrogens with zero attached hydrogens (tertiary/aromatic N) is 2. The van der Waals surface area contributed by atoms with E-state index in [4.69, 9.17) is 0 Å². The Morgan fingerprint density at radius 2 is 2.33 bits per heavy atom. The van der Waals surface area contributed by atoms with Crippen LogP contribution in [0, 0.1) is 0 Å². The lowest BCUT2D eigenvalue weighted by Crippen LogP contribution is -2.37. The van der Waals surface area contributed by atoms with Crippen LogP contribution >= 0.6 is 0 Å². The van der Waals surface area contributed by atoms with Gasteiger partial charge in [-0.1, -0.05) is 0 Å². The van der Waals surface area contributed by atoms with Gasteiger partial charge in [-0.15, -0.1) is 0 Å². The summed E-state index contributed by atoms with van der Waals surface area (Å²) in [6.45, 7) is 3.75. The van der Waals surface area contributed by atoms with Crippen LogP contribution in [-0.4, -0.2) is 22.0 Å². The van der Waals surface area contributed by atoms with E-state index in [0.717, 1.165) is 11.3 Å². The molecule has 2 rings (SSSR count). The second-order valence-corrected chi connectivity index (χ2v) is 2.93. The fourth-order valence-corrected chi connectivity index (χ4v) is 1.29. The van der Waals surface area contributed by atoms with E-state index in [2.05, 4.69) is 10.3 Å². The molecule has 4 heteroatoms. The molecule has 0 aromatic heterocycles. The number of aliphatic imine (C=N–C) groups is 1. The number of aliphatic hydroxyl groups is 1. The maximum atomic E-state index is 9.65. The summed E-state index contributed by atoms with van der Waals surface area (Å²) in [5, 5.41) is 12.7. The highest BCUT2D eigenvalue weighted by Crippen LogP contribution is 2.21. The van der Waals surface area contributed by atoms with Gasteiger partial charge in [0.25, 0.3) is 0 Å². The average Bonchev–Trinajstić information content (AvgIpc) is 2.48. The van der Waals surface area contributed by atoms with Crippen LogP contribution in [0.4, 0.5) is 0 Å². The van der Waals surface area contributed by atoms with Gasteiger partial charge in [0.1, 0.15) is 0 Å². The van der Waals surface area contributed by atoms with Crippen molar-refractivity contribution in [3.05, 3.63) is 23.9 Å². The Balaban J connectivity index is 2.42. The third-order valence-electron chi connectivity index (χ3n) is 2.18. The van der Waals surface area contributed by atoms with Gasteiger partial charge in [-0.2, -0.15) is 0 Å². The van der Waals surface area contributed by atoms with E-state index >= 15 is 0 Å². The van der Waals surface area contributed by atoms with Crippen LogP contribution in [0.25, 0.3) is 0 Å². The van der Waals surface area contributed by atoms with E-state index in [1.807, 2.05) is 13.8 Å². The fourth-order valence-electron chi connectivity index (χ4n) is 1.29. The van der Waals surface area contributed by atoms with Crippen LogP contribution in [0.2, 0.25) is 0 Å². The normalized spacial score (nSPS) is 27.0. The summed E-state index contributed by atoms with van der Waals surface area (Å²) in [7, 11) is 0. The summed E-state index contributed by atoms with van der Waals surface area (Å²) in [5.74, 6) is 0.286. The van der Waals surface area contributed by atoms with Crippen molar-refractivity contribution < 1.29 is 5.11 Å². The molecule has 64 valence electrons. The molecule has 1 unspecified atom stereocenters. The maximum absolute atomic E-state index is 9.65. The van der Waals surface area contributed by atoms with Gasteiger partial charge in [-0.05, 0) is 13.8 Å². The van der Waals surface area contributed by atoms with Crippen molar-refractivity contribution in [2.75, 3.05) is 0 Å². The highest BCUT2D eigenvalue weighted by molar-refractivity contribution is 5.98. The minimum absolute atomic E-state index is 0.145. The van der Waals surface area contributed by atoms with Crippen molar-refractivity contribution in [3.8, 4) is 0 Å². The Morgan fingerprint density at radius 1 is 1.58 bits per heavy atom. The molecule has 0 bridgehead atoms. The molecule has 0 aromatic carbocycles. The van der Waals surface area contributed by atoms with Crippen molar-refractivity contribution in [2.45, 2.75) is 20.1 Å². The van der Waals surface area contributed by atoms with Crippen LogP contribution in [0.5, 0.6) is 0 Å². The number of nitrogens with one attached hydrogen (secondary N) is 1. The molecule has 0 aliphatic carbocycles. The van der Waals surface area contributed by atoms with E-state index in [-0.39, 0.29) is 12.2 Å². The second-order valence-electron chi connectivity index (χ2n) is 2.93. The molecule has 0 amide bonds. The Kier molecular flexibility index (Phi) is 1.36. The number of allylic oxidation sites excluding steroid dienone is 1. The summed E-state index contributed by atoms with van der Waals surface area (Å²) in [4.78, 5) is 6.02. The van der Waals surface area contributed by atoms with Gasteiger partial charge in [0, 0.05) is 23.7 Å². The molecule has 0 spiro atoms. The number of fused-ring (bicyclic) bond motifs is 1. The summed E-state index contributed by atoms with van der Waals surface area (Å²) in [6, 6.07) is 0. The minimum atomic E-state index is -0.145. The highest BCUT2D eigenvalue weighted by Gasteiger charge is 2.26. The first-order valence-electron chi connectivity index (χ1n) is 3.86. The van der Waals surface area contributed by atoms with Crippen LogP contribution in [0.15, 0.2) is 28.8 Å². The van der Waals surface area contributed by atoms with Crippen LogP contribution < -0.4 is 5.32 Å². The molecule has 2 aliphatic rings. The molecule has 0 radical (unpaired) electrons. The molecule has 0 fully saturated rings. The van der Waals surface area contributed by atoms with Crippen LogP contribution in [0.1, 0.15) is 13.8 Å². The largest absolute Gasteiger partial charge is 0.494 e. The number of aliphatic hydroxyl groups excluding tert-OH is 1. The first-order chi connectivity index (χ1) is 5.70. The molecular formula is C8H11N3O. The Bertz CT molecular complexity index is 303. The number of hydrogen-bond acceptors (Lipinski definition) is 4. The first kappa shape index (κ1) is 7.21. The third-order valence-corrected chi connectivity index (χ3v) is 2.18. The van der Waals surface area contributed by atoms with Gasteiger partial charge < -0.3 is 10.4 Å². The monoisotopic (exact) mass is 165 g/mol. The van der Waals surface area contributed by atoms with Crippen molar-refractivity contribution in [1.29, 1.82) is 0 Å². The lowest BCUT2D eigenvalue weighted by atomic mass is 10.2. The van der Waals surface area contributed by atoms with Gasteiger partial charge in [0.15, 0.2) is 5.88 Å². The third kappa shape index (κ3) is 0.809. The second kappa shape index (κ2) is 2.27. The van der Waals surface area contributed by atoms with Crippen molar-refractivity contribution >= 4 is 5.71 Å². The van der Waals surface area contributed by atoms with Crippen LogP contribution in [-0.2, 0) is 0 Å². The molecule has 1 atom stereocenters. The van der Waals surface area contributed by atoms with Gasteiger partial charge in [-0.3, -0.25) is 4.90 Å². The molecule has 0 saturated heterocycles. The average molecular weight is 165 g/mol. The van der Waals surface area contributed by atoms with Crippen LogP contribution in [0.3, 0.4) is 0 Å². The van der Waals surface area contributed by atoms with E-state index in [1.165, 1.54) is 0 Å². The zero-order chi connectivity index (χ0) is 8.72. The van der Waals surface area contributed by atoms with Crippen molar-refractivity contribution in [1.82, 2.24) is 10.2 Å². The molecule has 2 N–H and O–H groups in total. The maximum Gasteiger partial charge on any atom is 0.202 e. The van der Waals surface area contributed by atoms with Crippen molar-refractivity contribution in [2.24, 2.45) is 4.99 Å². The van der Waals surface area contributed by atoms with Crippen molar-refractivity contribution in [3.63, 3.8) is 0 Å². The Morgan fingerprint density at radius 3 is 3.08 bits per heavy atom. The highest BCUT2D eigenvalue weighted by atomic mass is 16.3. The lowest BCUT2D eigenvalue weighted by molar-refractivity contribution is 0.204. The zero-order valence-corrected chi connectivity index (χ0v) is 7.07. The zero-order valence-electron chi connectivity index (χ0n) is 7.07. The first-order valence-corrected chi connectivity index (χ1v) is 3.86. The summed E-state index contributed by atoms with van der Waals surface area (Å²) < 4.78 is 0. The molecular weight excluding hydrogens is 154 g/mol. The molecule has 2 heterocycles. The minimum Gasteiger partial charge on any atom is -0.494 e. The summed E-state index contributed by atoms with van der Waals surface area (Å²) in [6.07, 6.45) is 3.41. The van der Waals surface area contributed by atoms with Gasteiger partial charge >= 0.3 is 0 Å². The Labute approximate surface area is 70.9 Å². The fraction of sp³-hybridized carbons (Fsp3) is 0.375. The molecule has 4 nitrogen and oxygen atoms in total. The molecule has 2 aliphatic heterocycles. The smallest absolute Gasteiger partial charge is 0.202 e. The Hall–Kier alpha value is -1.45.